The maximum atomic E-state index is 11.5. The van der Waals surface area contributed by atoms with Crippen molar-refractivity contribution < 1.29 is 19.5 Å². The van der Waals surface area contributed by atoms with E-state index in [0.717, 1.165) is 49.9 Å². The van der Waals surface area contributed by atoms with Crippen molar-refractivity contribution in [3.8, 4) is 0 Å². The first-order chi connectivity index (χ1) is 16.2. The van der Waals surface area contributed by atoms with Gasteiger partial charge in [0.1, 0.15) is 6.10 Å². The van der Waals surface area contributed by atoms with Gasteiger partial charge in [-0.25, -0.2) is 0 Å². The molecule has 1 aliphatic heterocycles. The molecule has 4 fully saturated rings. The predicted octanol–water partition coefficient (Wildman–Crippen LogP) is 6.39. The predicted molar refractivity (Wildman–Crippen MR) is 133 cm³/mol. The quantitative estimate of drug-likeness (QED) is 0.166. The van der Waals surface area contributed by atoms with Crippen LogP contribution in [0.25, 0.3) is 0 Å². The maximum absolute atomic E-state index is 11.5. The summed E-state index contributed by atoms with van der Waals surface area (Å²) in [4.78, 5) is 11.5. The molecule has 5 aliphatic rings. The van der Waals surface area contributed by atoms with E-state index in [0.29, 0.717) is 35.4 Å². The number of oxime groups is 1. The number of esters is 1. The lowest BCUT2D eigenvalue weighted by Crippen LogP contribution is -2.51. The van der Waals surface area contributed by atoms with E-state index >= 15 is 0 Å². The molecule has 0 aromatic rings. The Balaban J connectivity index is 1.30. The lowest BCUT2D eigenvalue weighted by atomic mass is 9.47. The van der Waals surface area contributed by atoms with E-state index in [1.54, 1.807) is 11.8 Å². The van der Waals surface area contributed by atoms with Gasteiger partial charge in [0.05, 0.1) is 12.2 Å². The molecule has 0 amide bonds. The first-order valence-electron chi connectivity index (χ1n) is 13.9. The van der Waals surface area contributed by atoms with Crippen LogP contribution in [0.4, 0.5) is 0 Å². The van der Waals surface area contributed by atoms with Gasteiger partial charge in [-0.1, -0.05) is 39.3 Å². The molecule has 4 aliphatic carbocycles. The average Bonchev–Trinajstić information content (AvgIpc) is 3.25. The van der Waals surface area contributed by atoms with Crippen LogP contribution in [0.3, 0.4) is 0 Å². The summed E-state index contributed by atoms with van der Waals surface area (Å²) >= 11 is 0. The molecule has 0 unspecified atom stereocenters. The minimum Gasteiger partial charge on any atom is -0.462 e. The van der Waals surface area contributed by atoms with E-state index in [1.807, 2.05) is 0 Å². The molecule has 0 aromatic carbocycles. The van der Waals surface area contributed by atoms with Crippen LogP contribution in [0.15, 0.2) is 16.8 Å². The summed E-state index contributed by atoms with van der Waals surface area (Å²) in [6.07, 6.45) is 15.3. The molecule has 11 atom stereocenters. The summed E-state index contributed by atoms with van der Waals surface area (Å²) in [5.41, 5.74) is 2.23. The molecule has 0 bridgehead atoms. The third-order valence-electron chi connectivity index (χ3n) is 11.2. The lowest BCUT2D eigenvalue weighted by molar-refractivity contribution is -0.148. The largest absolute Gasteiger partial charge is 0.462 e. The minimum atomic E-state index is -0.141. The smallest absolute Gasteiger partial charge is 0.302 e. The molecular weight excluding hydrogens is 426 g/mol. The van der Waals surface area contributed by atoms with E-state index in [1.165, 1.54) is 32.6 Å². The molecule has 5 rings (SSSR count). The number of carbonyl (C=O) groups excluding carboxylic acids is 1. The summed E-state index contributed by atoms with van der Waals surface area (Å²) in [6.45, 7) is 11.2. The number of hydrogen-bond acceptors (Lipinski definition) is 5. The zero-order valence-corrected chi connectivity index (χ0v) is 21.8. The molecule has 3 saturated carbocycles. The normalized spacial score (nSPS) is 48.4. The van der Waals surface area contributed by atoms with Crippen LogP contribution >= 0.6 is 0 Å². The fraction of sp³-hybridized carbons (Fsp3) is 0.862. The Labute approximate surface area is 205 Å². The van der Waals surface area contributed by atoms with Crippen LogP contribution in [-0.2, 0) is 14.3 Å². The first kappa shape index (κ1) is 24.3. The monoisotopic (exact) mass is 471 g/mol. The molecule has 190 valence electrons. The second kappa shape index (κ2) is 8.94. The third kappa shape index (κ3) is 3.85. The molecule has 5 nitrogen and oxygen atoms in total. The zero-order chi connectivity index (χ0) is 24.3. The Morgan fingerprint density at radius 2 is 2.12 bits per heavy atom. The van der Waals surface area contributed by atoms with E-state index in [2.05, 4.69) is 38.9 Å². The highest BCUT2D eigenvalue weighted by Gasteiger charge is 2.65. The number of allylic oxidation sites excluding steroid dienone is 1. The van der Waals surface area contributed by atoms with Gasteiger partial charge in [-0.3, -0.25) is 4.79 Å². The fourth-order valence-electron chi connectivity index (χ4n) is 9.60. The third-order valence-corrected chi connectivity index (χ3v) is 11.2. The highest BCUT2D eigenvalue weighted by Crippen LogP contribution is 2.69. The first-order valence-corrected chi connectivity index (χ1v) is 13.9. The van der Waals surface area contributed by atoms with Gasteiger partial charge in [-0.15, -0.1) is 5.16 Å². The summed E-state index contributed by atoms with van der Waals surface area (Å²) < 4.78 is 12.4. The van der Waals surface area contributed by atoms with Gasteiger partial charge in [0.2, 0.25) is 0 Å². The molecule has 1 saturated heterocycles. The van der Waals surface area contributed by atoms with Gasteiger partial charge in [-0.2, -0.15) is 0 Å². The van der Waals surface area contributed by atoms with Gasteiger partial charge in [0, 0.05) is 19.6 Å². The van der Waals surface area contributed by atoms with Crippen molar-refractivity contribution >= 4 is 12.2 Å². The van der Waals surface area contributed by atoms with Crippen molar-refractivity contribution in [2.45, 2.75) is 111 Å². The molecule has 0 radical (unpaired) electrons. The second-order valence-corrected chi connectivity index (χ2v) is 12.9. The Bertz CT molecular complexity index is 853. The van der Waals surface area contributed by atoms with Crippen LogP contribution < -0.4 is 0 Å². The van der Waals surface area contributed by atoms with Crippen molar-refractivity contribution in [1.82, 2.24) is 0 Å². The number of ether oxygens (including phenoxy) is 2. The molecule has 1 N–H and O–H groups in total. The van der Waals surface area contributed by atoms with Crippen LogP contribution in [0, 0.1) is 46.3 Å². The summed E-state index contributed by atoms with van der Waals surface area (Å²) in [6, 6.07) is 0. The number of hydrogen-bond donors (Lipinski definition) is 1. The van der Waals surface area contributed by atoms with Gasteiger partial charge >= 0.3 is 5.97 Å². The topological polar surface area (TPSA) is 68.1 Å². The summed E-state index contributed by atoms with van der Waals surface area (Å²) in [5, 5.41) is 12.0. The number of fused-ring (bicyclic) bond motifs is 7. The SMILES string of the molecule is CC(=O)O[C@H]1CC[C@@]2(C)C(=CC[C@H]3[C@@H]4C[C@@H]5O[C@H](CC[C@@H](C)/C=N/O)[C@@H](C)[C@@H]5[C@@]4(C)CC[C@@H]32)C1. The van der Waals surface area contributed by atoms with Gasteiger partial charge in [-0.05, 0) is 97.7 Å². The van der Waals surface area contributed by atoms with E-state index in [4.69, 9.17) is 14.7 Å². The second-order valence-electron chi connectivity index (χ2n) is 12.9. The van der Waals surface area contributed by atoms with E-state index < -0.39 is 0 Å². The van der Waals surface area contributed by atoms with Crippen molar-refractivity contribution in [3.05, 3.63) is 11.6 Å². The fourth-order valence-corrected chi connectivity index (χ4v) is 9.60. The van der Waals surface area contributed by atoms with Crippen molar-refractivity contribution in [2.75, 3.05) is 0 Å². The number of carbonyl (C=O) groups is 1. The molecular formula is C29H45NO4. The van der Waals surface area contributed by atoms with Crippen LogP contribution in [0.2, 0.25) is 0 Å². The van der Waals surface area contributed by atoms with Crippen LogP contribution in [-0.4, -0.2) is 35.7 Å². The summed E-state index contributed by atoms with van der Waals surface area (Å²) in [7, 11) is 0. The molecule has 5 heteroatoms. The van der Waals surface area contributed by atoms with Crippen LogP contribution in [0.5, 0.6) is 0 Å². The van der Waals surface area contributed by atoms with Crippen molar-refractivity contribution in [3.63, 3.8) is 0 Å². The van der Waals surface area contributed by atoms with E-state index in [-0.39, 0.29) is 17.5 Å². The Morgan fingerprint density at radius 1 is 1.32 bits per heavy atom. The molecule has 34 heavy (non-hydrogen) atoms. The van der Waals surface area contributed by atoms with Crippen LogP contribution in [0.1, 0.15) is 92.4 Å². The maximum Gasteiger partial charge on any atom is 0.302 e. The van der Waals surface area contributed by atoms with Crippen molar-refractivity contribution in [2.24, 2.45) is 51.5 Å². The average molecular weight is 472 g/mol. The van der Waals surface area contributed by atoms with E-state index in [9.17, 15) is 4.79 Å². The van der Waals surface area contributed by atoms with Gasteiger partial charge in [0.25, 0.3) is 0 Å². The molecule has 0 spiro atoms. The van der Waals surface area contributed by atoms with Gasteiger partial charge < -0.3 is 14.7 Å². The molecule has 0 aromatic heterocycles. The van der Waals surface area contributed by atoms with Crippen molar-refractivity contribution in [1.29, 1.82) is 0 Å². The molecule has 1 heterocycles. The lowest BCUT2D eigenvalue weighted by Gasteiger charge is -2.58. The standard InChI is InChI=1S/C29H45NO4/c1-17(16-30-32)6-9-25-18(2)27-26(34-25)15-24-22-8-7-20-14-21(33-19(3)31)10-12-28(20,4)23(22)11-13-29(24,27)5/h7,16-18,21-27,32H,6,8-15H2,1-5H3/b30-16+/t17-,18-,21+,22-,23+,24+,25-,26+,27+,28+,29+/m1/s1. The minimum absolute atomic E-state index is 0.0746. The van der Waals surface area contributed by atoms with Gasteiger partial charge in [0.15, 0.2) is 0 Å². The highest BCUT2D eigenvalue weighted by atomic mass is 16.5. The zero-order valence-electron chi connectivity index (χ0n) is 21.8. The number of rotatable bonds is 5. The Morgan fingerprint density at radius 3 is 2.85 bits per heavy atom. The highest BCUT2D eigenvalue weighted by molar-refractivity contribution is 5.66. The number of nitrogens with zero attached hydrogens (tertiary/aromatic N) is 1. The Hall–Kier alpha value is -1.36. The Kier molecular flexibility index (Phi) is 6.40. The summed E-state index contributed by atoms with van der Waals surface area (Å²) in [5.74, 6) is 3.69.